The van der Waals surface area contributed by atoms with Gasteiger partial charge in [-0.05, 0) is 44.6 Å². The summed E-state index contributed by atoms with van der Waals surface area (Å²) in [4.78, 5) is 21.5. The first-order valence-corrected chi connectivity index (χ1v) is 9.66. The van der Waals surface area contributed by atoms with Crippen LogP contribution in [0.15, 0.2) is 30.6 Å². The molecular weight excluding hydrogens is 378 g/mol. The van der Waals surface area contributed by atoms with Crippen LogP contribution in [0.2, 0.25) is 0 Å². The third-order valence-electron chi connectivity index (χ3n) is 5.34. The highest BCUT2D eigenvalue weighted by Gasteiger charge is 2.18. The van der Waals surface area contributed by atoms with Crippen LogP contribution in [0, 0.1) is 0 Å². The fraction of sp³-hybridized carbons (Fsp3) is 0.526. The zero-order chi connectivity index (χ0) is 18.6. The summed E-state index contributed by atoms with van der Waals surface area (Å²) < 4.78 is 1.89. The molecule has 1 amide bonds. The summed E-state index contributed by atoms with van der Waals surface area (Å²) in [7, 11) is 2.14. The molecule has 0 radical (unpaired) electrons. The van der Waals surface area contributed by atoms with Crippen molar-refractivity contribution in [1.29, 1.82) is 0 Å². The van der Waals surface area contributed by atoms with Gasteiger partial charge in [0.25, 0.3) is 5.91 Å². The van der Waals surface area contributed by atoms with Crippen LogP contribution in [-0.4, -0.2) is 71.9 Å². The molecule has 4 rings (SSSR count). The Morgan fingerprint density at radius 1 is 1.21 bits per heavy atom. The second kappa shape index (κ2) is 9.36. The molecule has 2 aromatic rings. The van der Waals surface area contributed by atoms with Crippen LogP contribution in [0.5, 0.6) is 0 Å². The van der Waals surface area contributed by atoms with Crippen molar-refractivity contribution in [2.45, 2.75) is 18.9 Å². The van der Waals surface area contributed by atoms with Crippen molar-refractivity contribution >= 4 is 29.8 Å². The number of hydrogen-bond donors (Lipinski definition) is 2. The van der Waals surface area contributed by atoms with Gasteiger partial charge in [-0.3, -0.25) is 9.48 Å². The number of carbonyl (C=O) groups excluding carboxylic acids is 1. The number of piperazine rings is 1. The molecule has 2 fully saturated rings. The first-order chi connectivity index (χ1) is 13.2. The van der Waals surface area contributed by atoms with Crippen molar-refractivity contribution in [3.63, 3.8) is 0 Å². The van der Waals surface area contributed by atoms with Gasteiger partial charge >= 0.3 is 0 Å². The first kappa shape index (κ1) is 20.6. The molecule has 9 heteroatoms. The summed E-state index contributed by atoms with van der Waals surface area (Å²) in [5.41, 5.74) is 1.51. The number of halogens is 1. The van der Waals surface area contributed by atoms with Gasteiger partial charge in [0.15, 0.2) is 5.69 Å². The molecule has 2 aliphatic heterocycles. The van der Waals surface area contributed by atoms with Gasteiger partial charge in [0.1, 0.15) is 5.82 Å². The van der Waals surface area contributed by atoms with E-state index in [1.165, 1.54) is 0 Å². The van der Waals surface area contributed by atoms with Gasteiger partial charge in [-0.2, -0.15) is 5.10 Å². The van der Waals surface area contributed by atoms with Crippen LogP contribution in [0.3, 0.4) is 0 Å². The Labute approximate surface area is 171 Å². The predicted molar refractivity (Wildman–Crippen MR) is 113 cm³/mol. The van der Waals surface area contributed by atoms with Gasteiger partial charge in [0, 0.05) is 38.9 Å². The van der Waals surface area contributed by atoms with E-state index in [2.05, 4.69) is 37.6 Å². The number of nitrogens with zero attached hydrogens (tertiary/aromatic N) is 5. The Kier molecular flexibility index (Phi) is 6.88. The lowest BCUT2D eigenvalue weighted by molar-refractivity contribution is 0.102. The minimum absolute atomic E-state index is 0. The van der Waals surface area contributed by atoms with E-state index in [0.29, 0.717) is 17.6 Å². The van der Waals surface area contributed by atoms with Gasteiger partial charge in [-0.1, -0.05) is 0 Å². The lowest BCUT2D eigenvalue weighted by atomic mass is 10.1. The van der Waals surface area contributed by atoms with Crippen molar-refractivity contribution in [3.05, 3.63) is 36.3 Å². The molecule has 0 spiro atoms. The summed E-state index contributed by atoms with van der Waals surface area (Å²) >= 11 is 0. The van der Waals surface area contributed by atoms with E-state index in [0.717, 1.165) is 57.8 Å². The highest BCUT2D eigenvalue weighted by molar-refractivity contribution is 6.02. The van der Waals surface area contributed by atoms with E-state index in [9.17, 15) is 4.79 Å². The highest BCUT2D eigenvalue weighted by atomic mass is 35.5. The molecule has 1 unspecified atom stereocenters. The third kappa shape index (κ3) is 4.81. The number of hydrogen-bond acceptors (Lipinski definition) is 6. The van der Waals surface area contributed by atoms with E-state index in [1.807, 2.05) is 29.2 Å². The molecule has 152 valence electrons. The maximum atomic E-state index is 12.5. The Morgan fingerprint density at radius 2 is 2.04 bits per heavy atom. The van der Waals surface area contributed by atoms with E-state index < -0.39 is 0 Å². The van der Waals surface area contributed by atoms with Crippen molar-refractivity contribution in [3.8, 4) is 0 Å². The zero-order valence-corrected chi connectivity index (χ0v) is 17.0. The van der Waals surface area contributed by atoms with Crippen molar-refractivity contribution in [1.82, 2.24) is 25.0 Å². The molecule has 2 N–H and O–H groups in total. The Balaban J connectivity index is 0.00000225. The number of carbonyl (C=O) groups is 1. The Morgan fingerprint density at radius 3 is 2.71 bits per heavy atom. The van der Waals surface area contributed by atoms with Crippen molar-refractivity contribution in [2.75, 3.05) is 56.5 Å². The predicted octanol–water partition coefficient (Wildman–Crippen LogP) is 1.63. The monoisotopic (exact) mass is 405 g/mol. The van der Waals surface area contributed by atoms with Gasteiger partial charge in [-0.15, -0.1) is 12.4 Å². The minimum Gasteiger partial charge on any atom is -0.368 e. The molecule has 0 aliphatic carbocycles. The molecule has 0 aromatic carbocycles. The molecule has 2 aromatic heterocycles. The minimum atomic E-state index is -0.225. The molecule has 28 heavy (non-hydrogen) atoms. The number of rotatable bonds is 4. The Hall–Kier alpha value is -2.16. The zero-order valence-electron chi connectivity index (χ0n) is 16.2. The van der Waals surface area contributed by atoms with E-state index in [1.54, 1.807) is 6.07 Å². The maximum Gasteiger partial charge on any atom is 0.277 e. The average molecular weight is 406 g/mol. The smallest absolute Gasteiger partial charge is 0.277 e. The van der Waals surface area contributed by atoms with Gasteiger partial charge in [0.05, 0.1) is 17.9 Å². The fourth-order valence-corrected chi connectivity index (χ4v) is 3.61. The SMILES string of the molecule is CN1CCN(c2ccc(NC(=O)c3ccn(C4CCCNC4)n3)nc2)CC1.Cl. The molecule has 0 bridgehead atoms. The summed E-state index contributed by atoms with van der Waals surface area (Å²) in [5, 5.41) is 10.7. The molecule has 2 saturated heterocycles. The molecule has 4 heterocycles. The second-order valence-corrected chi connectivity index (χ2v) is 7.33. The summed E-state index contributed by atoms with van der Waals surface area (Å²) in [6, 6.07) is 5.96. The summed E-state index contributed by atoms with van der Waals surface area (Å²) in [6.07, 6.45) is 5.93. The number of pyridine rings is 1. The topological polar surface area (TPSA) is 78.3 Å². The third-order valence-corrected chi connectivity index (χ3v) is 5.34. The van der Waals surface area contributed by atoms with Crippen LogP contribution in [-0.2, 0) is 0 Å². The van der Waals surface area contributed by atoms with Crippen LogP contribution in [0.4, 0.5) is 11.5 Å². The number of amides is 1. The van der Waals surface area contributed by atoms with Crippen LogP contribution < -0.4 is 15.5 Å². The van der Waals surface area contributed by atoms with Gasteiger partial charge < -0.3 is 20.4 Å². The normalized spacial score (nSPS) is 20.5. The quantitative estimate of drug-likeness (QED) is 0.805. The van der Waals surface area contributed by atoms with Gasteiger partial charge in [-0.25, -0.2) is 4.98 Å². The van der Waals surface area contributed by atoms with Crippen LogP contribution in [0.25, 0.3) is 0 Å². The molecule has 8 nitrogen and oxygen atoms in total. The molecule has 2 aliphatic rings. The summed E-state index contributed by atoms with van der Waals surface area (Å²) in [6.45, 7) is 6.06. The van der Waals surface area contributed by atoms with E-state index in [-0.39, 0.29) is 18.3 Å². The van der Waals surface area contributed by atoms with E-state index in [4.69, 9.17) is 0 Å². The van der Waals surface area contributed by atoms with E-state index >= 15 is 0 Å². The lowest BCUT2D eigenvalue weighted by Crippen LogP contribution is -2.44. The van der Waals surface area contributed by atoms with Crippen molar-refractivity contribution < 1.29 is 4.79 Å². The second-order valence-electron chi connectivity index (χ2n) is 7.33. The molecular formula is C19H28ClN7O. The van der Waals surface area contributed by atoms with Gasteiger partial charge in [0.2, 0.25) is 0 Å². The highest BCUT2D eigenvalue weighted by Crippen LogP contribution is 2.18. The number of piperidine rings is 1. The van der Waals surface area contributed by atoms with Crippen LogP contribution >= 0.6 is 12.4 Å². The average Bonchev–Trinajstić information content (AvgIpc) is 3.20. The summed E-state index contributed by atoms with van der Waals surface area (Å²) in [5.74, 6) is 0.323. The number of nitrogens with one attached hydrogen (secondary N) is 2. The lowest BCUT2D eigenvalue weighted by Gasteiger charge is -2.33. The largest absolute Gasteiger partial charge is 0.368 e. The van der Waals surface area contributed by atoms with Crippen LogP contribution in [0.1, 0.15) is 29.4 Å². The number of aromatic nitrogens is 3. The molecule has 1 atom stereocenters. The molecule has 0 saturated carbocycles. The fourth-order valence-electron chi connectivity index (χ4n) is 3.61. The Bertz CT molecular complexity index is 765. The van der Waals surface area contributed by atoms with Crippen molar-refractivity contribution in [2.24, 2.45) is 0 Å². The standard InChI is InChI=1S/C19H27N7O.ClH/c1-24-9-11-25(12-10-24)15-4-5-18(21-14-15)22-19(27)17-6-8-26(23-17)16-3-2-7-20-13-16;/h4-6,8,14,16,20H,2-3,7,9-13H2,1H3,(H,21,22,27);1H. The number of likely N-dealkylation sites (N-methyl/N-ethyl adjacent to an activating group) is 1. The number of anilines is 2. The maximum absolute atomic E-state index is 12.5. The first-order valence-electron chi connectivity index (χ1n) is 9.66.